The predicted octanol–water partition coefficient (Wildman–Crippen LogP) is 3.68. The molecule has 1 N–H and O–H groups in total. The smallest absolute Gasteiger partial charge is 0.262 e. The van der Waals surface area contributed by atoms with Crippen LogP contribution >= 0.6 is 11.6 Å². The largest absolute Gasteiger partial charge is 0.482 e. The van der Waals surface area contributed by atoms with E-state index in [-0.39, 0.29) is 12.5 Å². The quantitative estimate of drug-likeness (QED) is 0.937. The number of hydrogen-bond donors (Lipinski definition) is 1. The molecule has 0 saturated carbocycles. The number of para-hydroxylation sites is 1. The summed E-state index contributed by atoms with van der Waals surface area (Å²) in [6.07, 6.45) is 0. The van der Waals surface area contributed by atoms with Crippen LogP contribution in [0.4, 0.5) is 5.69 Å². The highest BCUT2D eigenvalue weighted by molar-refractivity contribution is 6.32. The number of anilines is 1. The number of nitrogens with zero attached hydrogens (tertiary/aromatic N) is 1. The van der Waals surface area contributed by atoms with Crippen LogP contribution in [0, 0.1) is 20.8 Å². The Morgan fingerprint density at radius 2 is 2.00 bits per heavy atom. The second-order valence-electron chi connectivity index (χ2n) is 4.81. The Morgan fingerprint density at radius 1 is 1.29 bits per heavy atom. The van der Waals surface area contributed by atoms with E-state index >= 15 is 0 Å². The van der Waals surface area contributed by atoms with E-state index < -0.39 is 0 Å². The zero-order chi connectivity index (χ0) is 15.4. The molecular weight excluding hydrogens is 288 g/mol. The zero-order valence-corrected chi connectivity index (χ0v) is 13.0. The topological polar surface area (TPSA) is 51.2 Å². The van der Waals surface area contributed by atoms with Gasteiger partial charge < -0.3 is 10.1 Å². The van der Waals surface area contributed by atoms with Gasteiger partial charge in [0.2, 0.25) is 0 Å². The maximum atomic E-state index is 12.0. The molecule has 0 unspecified atom stereocenters. The number of nitrogens with one attached hydrogen (secondary N) is 1. The van der Waals surface area contributed by atoms with Crippen molar-refractivity contribution in [2.75, 3.05) is 11.9 Å². The highest BCUT2D eigenvalue weighted by Crippen LogP contribution is 2.23. The summed E-state index contributed by atoms with van der Waals surface area (Å²) >= 11 is 5.97. The minimum atomic E-state index is -0.244. The monoisotopic (exact) mass is 304 g/mol. The molecule has 1 amide bonds. The number of amides is 1. The van der Waals surface area contributed by atoms with Gasteiger partial charge in [-0.05, 0) is 44.5 Å². The average Bonchev–Trinajstić information content (AvgIpc) is 2.42. The van der Waals surface area contributed by atoms with Crippen molar-refractivity contribution in [3.8, 4) is 5.75 Å². The molecule has 0 aliphatic rings. The number of rotatable bonds is 4. The molecule has 1 aromatic heterocycles. The van der Waals surface area contributed by atoms with E-state index in [0.717, 1.165) is 22.6 Å². The Labute approximate surface area is 129 Å². The molecule has 0 saturated heterocycles. The molecule has 21 heavy (non-hydrogen) atoms. The molecule has 0 aliphatic carbocycles. The highest BCUT2D eigenvalue weighted by Gasteiger charge is 2.10. The fraction of sp³-hybridized carbons (Fsp3) is 0.250. The molecule has 110 valence electrons. The van der Waals surface area contributed by atoms with Crippen LogP contribution < -0.4 is 10.1 Å². The number of carbonyl (C=O) groups is 1. The number of halogens is 1. The third-order valence-electron chi connectivity index (χ3n) is 2.99. The summed E-state index contributed by atoms with van der Waals surface area (Å²) in [5.41, 5.74) is 3.42. The predicted molar refractivity (Wildman–Crippen MR) is 84.0 cm³/mol. The third-order valence-corrected chi connectivity index (χ3v) is 3.30. The lowest BCUT2D eigenvalue weighted by Crippen LogP contribution is -2.21. The number of aryl methyl sites for hydroxylation is 3. The Kier molecular flexibility index (Phi) is 4.81. The van der Waals surface area contributed by atoms with Gasteiger partial charge in [0.05, 0.1) is 16.4 Å². The van der Waals surface area contributed by atoms with Crippen LogP contribution in [0.5, 0.6) is 5.75 Å². The molecular formula is C16H17ClN2O2. The molecule has 2 aromatic rings. The van der Waals surface area contributed by atoms with Crippen molar-refractivity contribution in [1.82, 2.24) is 4.98 Å². The van der Waals surface area contributed by atoms with Crippen molar-refractivity contribution in [2.24, 2.45) is 0 Å². The minimum Gasteiger partial charge on any atom is -0.482 e. The summed E-state index contributed by atoms with van der Waals surface area (Å²) < 4.78 is 5.41. The molecule has 5 heteroatoms. The molecule has 0 aliphatic heterocycles. The van der Waals surface area contributed by atoms with Crippen LogP contribution in [0.25, 0.3) is 0 Å². The van der Waals surface area contributed by atoms with Gasteiger partial charge in [-0.15, -0.1) is 0 Å². The van der Waals surface area contributed by atoms with Gasteiger partial charge in [0.15, 0.2) is 6.61 Å². The molecule has 0 fully saturated rings. The lowest BCUT2D eigenvalue weighted by atomic mass is 10.1. The maximum absolute atomic E-state index is 12.0. The van der Waals surface area contributed by atoms with Gasteiger partial charge in [0, 0.05) is 5.69 Å². The molecule has 0 atom stereocenters. The van der Waals surface area contributed by atoms with Crippen LogP contribution in [0.15, 0.2) is 30.3 Å². The first-order chi connectivity index (χ1) is 9.97. The van der Waals surface area contributed by atoms with E-state index in [4.69, 9.17) is 16.3 Å². The van der Waals surface area contributed by atoms with Gasteiger partial charge in [-0.25, -0.2) is 0 Å². The maximum Gasteiger partial charge on any atom is 0.262 e. The second kappa shape index (κ2) is 6.59. The molecule has 1 aromatic carbocycles. The van der Waals surface area contributed by atoms with Crippen molar-refractivity contribution in [3.63, 3.8) is 0 Å². The number of aromatic nitrogens is 1. The van der Waals surface area contributed by atoms with Crippen molar-refractivity contribution in [3.05, 3.63) is 52.3 Å². The van der Waals surface area contributed by atoms with E-state index in [1.54, 1.807) is 24.3 Å². The van der Waals surface area contributed by atoms with Crippen LogP contribution in [0.1, 0.15) is 17.0 Å². The van der Waals surface area contributed by atoms with E-state index in [1.165, 1.54) is 0 Å². The summed E-state index contributed by atoms with van der Waals surface area (Å²) in [7, 11) is 0. The number of benzene rings is 1. The Balaban J connectivity index is 2.01. The van der Waals surface area contributed by atoms with Gasteiger partial charge in [-0.3, -0.25) is 9.78 Å². The van der Waals surface area contributed by atoms with E-state index in [0.29, 0.717) is 10.8 Å². The first kappa shape index (κ1) is 15.3. The second-order valence-corrected chi connectivity index (χ2v) is 5.22. The number of carbonyl (C=O) groups excluding carboxylic acids is 1. The molecule has 1 heterocycles. The van der Waals surface area contributed by atoms with E-state index in [2.05, 4.69) is 10.3 Å². The first-order valence-corrected chi connectivity index (χ1v) is 6.97. The van der Waals surface area contributed by atoms with Crippen molar-refractivity contribution >= 4 is 23.2 Å². The summed E-state index contributed by atoms with van der Waals surface area (Å²) in [6, 6.07) is 8.97. The number of pyridine rings is 1. The summed E-state index contributed by atoms with van der Waals surface area (Å²) in [5, 5.41) is 3.31. The van der Waals surface area contributed by atoms with Crippen molar-refractivity contribution < 1.29 is 9.53 Å². The summed E-state index contributed by atoms with van der Waals surface area (Å²) in [6.45, 7) is 5.62. The standard InChI is InChI=1S/C16H17ClN2O2/c1-10-8-11(2)18-12(3)16(10)19-15(20)9-21-14-7-5-4-6-13(14)17/h4-8H,9H2,1-3H3,(H,19,20). The van der Waals surface area contributed by atoms with Crippen LogP contribution in [0.2, 0.25) is 5.02 Å². The first-order valence-electron chi connectivity index (χ1n) is 6.59. The molecule has 2 rings (SSSR count). The van der Waals surface area contributed by atoms with E-state index in [1.807, 2.05) is 26.8 Å². The average molecular weight is 305 g/mol. The minimum absolute atomic E-state index is 0.101. The van der Waals surface area contributed by atoms with Crippen LogP contribution in [-0.4, -0.2) is 17.5 Å². The molecule has 0 radical (unpaired) electrons. The number of hydrogen-bond acceptors (Lipinski definition) is 3. The third kappa shape index (κ3) is 3.95. The fourth-order valence-corrected chi connectivity index (χ4v) is 2.28. The molecule has 0 spiro atoms. The summed E-state index contributed by atoms with van der Waals surface area (Å²) in [5.74, 6) is 0.247. The van der Waals surface area contributed by atoms with Gasteiger partial charge in [-0.1, -0.05) is 23.7 Å². The highest BCUT2D eigenvalue weighted by atomic mass is 35.5. The normalized spacial score (nSPS) is 10.3. The van der Waals surface area contributed by atoms with Crippen molar-refractivity contribution in [1.29, 1.82) is 0 Å². The van der Waals surface area contributed by atoms with Crippen LogP contribution in [0.3, 0.4) is 0 Å². The lowest BCUT2D eigenvalue weighted by molar-refractivity contribution is -0.118. The lowest BCUT2D eigenvalue weighted by Gasteiger charge is -2.13. The van der Waals surface area contributed by atoms with Crippen LogP contribution in [-0.2, 0) is 4.79 Å². The molecule has 4 nitrogen and oxygen atoms in total. The Morgan fingerprint density at radius 3 is 2.67 bits per heavy atom. The Bertz CT molecular complexity index is 648. The zero-order valence-electron chi connectivity index (χ0n) is 12.2. The van der Waals surface area contributed by atoms with Gasteiger partial charge in [-0.2, -0.15) is 0 Å². The number of ether oxygens (including phenoxy) is 1. The van der Waals surface area contributed by atoms with Crippen molar-refractivity contribution in [2.45, 2.75) is 20.8 Å². The SMILES string of the molecule is Cc1cc(C)c(NC(=O)COc2ccccc2Cl)c(C)n1. The molecule has 0 bridgehead atoms. The van der Waals surface area contributed by atoms with Gasteiger partial charge >= 0.3 is 0 Å². The van der Waals surface area contributed by atoms with Gasteiger partial charge in [0.25, 0.3) is 5.91 Å². The van der Waals surface area contributed by atoms with Gasteiger partial charge in [0.1, 0.15) is 5.75 Å². The summed E-state index contributed by atoms with van der Waals surface area (Å²) in [4.78, 5) is 16.3. The fourth-order valence-electron chi connectivity index (χ4n) is 2.09. The Hall–Kier alpha value is -2.07. The van der Waals surface area contributed by atoms with E-state index in [9.17, 15) is 4.79 Å².